The number of allylic oxidation sites excluding steroid dienone is 1. The molecule has 7 nitrogen and oxygen atoms in total. The summed E-state index contributed by atoms with van der Waals surface area (Å²) >= 11 is 0. The van der Waals surface area contributed by atoms with Gasteiger partial charge in [0, 0.05) is 75.4 Å². The molecule has 0 aliphatic carbocycles. The number of nitrogens with zero attached hydrogens (tertiary/aromatic N) is 7. The first-order valence-electron chi connectivity index (χ1n) is 14.7. The van der Waals surface area contributed by atoms with E-state index >= 15 is 0 Å². The minimum absolute atomic E-state index is 0.207. The topological polar surface area (TPSA) is 43.1 Å². The van der Waals surface area contributed by atoms with Crippen LogP contribution in [0.1, 0.15) is 67.5 Å². The Labute approximate surface area is 233 Å². The number of aryl methyl sites for hydroxylation is 2. The van der Waals surface area contributed by atoms with Gasteiger partial charge in [-0.15, -0.1) is 0 Å². The highest BCUT2D eigenvalue weighted by molar-refractivity contribution is 5.67. The van der Waals surface area contributed by atoms with Crippen molar-refractivity contribution in [3.63, 3.8) is 0 Å². The average molecular weight is 526 g/mol. The summed E-state index contributed by atoms with van der Waals surface area (Å²) in [5.74, 6) is 2.16. The van der Waals surface area contributed by atoms with E-state index < -0.39 is 0 Å². The van der Waals surface area contributed by atoms with Gasteiger partial charge in [-0.2, -0.15) is 9.61 Å². The van der Waals surface area contributed by atoms with E-state index in [1.54, 1.807) is 0 Å². The van der Waals surface area contributed by atoms with Gasteiger partial charge in [0.05, 0.1) is 11.7 Å². The number of fused-ring (bicyclic) bond motifs is 4. The molecule has 0 N–H and O–H groups in total. The summed E-state index contributed by atoms with van der Waals surface area (Å²) in [6, 6.07) is 11.6. The van der Waals surface area contributed by atoms with Crippen molar-refractivity contribution in [2.45, 2.75) is 58.4 Å². The smallest absolute Gasteiger partial charge is 0.160 e. The maximum absolute atomic E-state index is 5.24. The number of likely N-dealkylation sites (N-methyl/N-ethyl adjacent to an activating group) is 1. The number of aromatic nitrogens is 3. The summed E-state index contributed by atoms with van der Waals surface area (Å²) in [5.41, 5.74) is 8.25. The summed E-state index contributed by atoms with van der Waals surface area (Å²) in [6.45, 7) is 19.3. The molecule has 1 atom stereocenters. The zero-order valence-electron chi connectivity index (χ0n) is 24.0. The molecule has 3 aliphatic heterocycles. The second-order valence-electron chi connectivity index (χ2n) is 11.7. The lowest BCUT2D eigenvalue weighted by atomic mass is 9.93. The molecule has 0 radical (unpaired) electrons. The molecule has 0 saturated carbocycles. The zero-order chi connectivity index (χ0) is 27.1. The van der Waals surface area contributed by atoms with Crippen LogP contribution in [0.2, 0.25) is 0 Å². The third-order valence-electron chi connectivity index (χ3n) is 8.87. The summed E-state index contributed by atoms with van der Waals surface area (Å²) in [5, 5.41) is 5.24. The summed E-state index contributed by atoms with van der Waals surface area (Å²) in [7, 11) is 2.18. The Morgan fingerprint density at radius 2 is 1.79 bits per heavy atom. The molecule has 2 bridgehead atoms. The van der Waals surface area contributed by atoms with Crippen LogP contribution in [0.15, 0.2) is 49.2 Å². The van der Waals surface area contributed by atoms with Gasteiger partial charge < -0.3 is 19.6 Å². The van der Waals surface area contributed by atoms with Gasteiger partial charge in [-0.25, -0.2) is 4.98 Å². The molecule has 2 fully saturated rings. The van der Waals surface area contributed by atoms with Crippen molar-refractivity contribution >= 4 is 23.0 Å². The van der Waals surface area contributed by atoms with Crippen LogP contribution >= 0.6 is 0 Å². The SMILES string of the molecule is C=C(C)N1CCCc2ccc(C)cc2C(=C)N2CCCCC2c2cc3nc(N4CCC4)cc(n3n2)N(C)CC1. The number of rotatable bonds is 2. The molecule has 5 heterocycles. The van der Waals surface area contributed by atoms with Crippen molar-refractivity contribution in [2.75, 3.05) is 56.1 Å². The molecule has 39 heavy (non-hydrogen) atoms. The Balaban J connectivity index is 1.47. The van der Waals surface area contributed by atoms with Crippen LogP contribution in [0.3, 0.4) is 0 Å². The molecule has 206 valence electrons. The molecular weight excluding hydrogens is 482 g/mol. The van der Waals surface area contributed by atoms with Crippen molar-refractivity contribution < 1.29 is 0 Å². The third-order valence-corrected chi connectivity index (χ3v) is 8.87. The normalized spacial score (nSPS) is 20.7. The standard InChI is InChI=1S/C32H43N7/c1-23(2)36-14-8-10-26-13-12-24(3)20-27(26)25(4)38-17-7-6-11-29(38)28-21-31-33-30(37-15-9-16-37)22-32(39(31)34-28)35(5)18-19-36/h12-13,20-22,29H,1,4,6-11,14-19H2,2-3,5H3. The fraction of sp³-hybridized carbons (Fsp3) is 0.500. The Hall–Kier alpha value is -3.48. The molecule has 6 rings (SSSR count). The molecular formula is C32H43N7. The highest BCUT2D eigenvalue weighted by atomic mass is 15.4. The lowest BCUT2D eigenvalue weighted by Crippen LogP contribution is -2.38. The van der Waals surface area contributed by atoms with Crippen molar-refractivity contribution in [1.29, 1.82) is 0 Å². The average Bonchev–Trinajstić information content (AvgIpc) is 3.32. The third kappa shape index (κ3) is 4.99. The lowest BCUT2D eigenvalue weighted by molar-refractivity contribution is 0.226. The molecule has 1 unspecified atom stereocenters. The number of piperidine rings is 1. The maximum Gasteiger partial charge on any atom is 0.160 e. The van der Waals surface area contributed by atoms with Gasteiger partial charge in [-0.05, 0) is 64.0 Å². The van der Waals surface area contributed by atoms with E-state index in [1.807, 2.05) is 0 Å². The number of hydrogen-bond donors (Lipinski definition) is 0. The highest BCUT2D eigenvalue weighted by Gasteiger charge is 2.30. The first-order chi connectivity index (χ1) is 18.9. The van der Waals surface area contributed by atoms with E-state index in [0.717, 1.165) is 92.9 Å². The van der Waals surface area contributed by atoms with Crippen molar-refractivity contribution in [3.8, 4) is 0 Å². The second-order valence-corrected chi connectivity index (χ2v) is 11.7. The fourth-order valence-electron chi connectivity index (χ4n) is 6.34. The van der Waals surface area contributed by atoms with Gasteiger partial charge in [0.25, 0.3) is 0 Å². The maximum atomic E-state index is 5.24. The largest absolute Gasteiger partial charge is 0.374 e. The van der Waals surface area contributed by atoms with Gasteiger partial charge in [-0.3, -0.25) is 0 Å². The first kappa shape index (κ1) is 25.8. The number of benzene rings is 1. The van der Waals surface area contributed by atoms with Gasteiger partial charge in [0.15, 0.2) is 5.65 Å². The number of anilines is 2. The monoisotopic (exact) mass is 525 g/mol. The van der Waals surface area contributed by atoms with Crippen LogP contribution in [0.4, 0.5) is 11.6 Å². The van der Waals surface area contributed by atoms with Gasteiger partial charge in [0.2, 0.25) is 0 Å². The summed E-state index contributed by atoms with van der Waals surface area (Å²) in [6.07, 6.45) is 6.83. The van der Waals surface area contributed by atoms with Crippen molar-refractivity contribution in [2.24, 2.45) is 0 Å². The van der Waals surface area contributed by atoms with E-state index in [-0.39, 0.29) is 6.04 Å². The van der Waals surface area contributed by atoms with Crippen LogP contribution in [0.25, 0.3) is 11.3 Å². The van der Waals surface area contributed by atoms with Crippen LogP contribution in [0.5, 0.6) is 0 Å². The molecule has 0 amide bonds. The molecule has 2 saturated heterocycles. The number of hydrogen-bond acceptors (Lipinski definition) is 6. The van der Waals surface area contributed by atoms with Crippen molar-refractivity contribution in [1.82, 2.24) is 24.4 Å². The Morgan fingerprint density at radius 1 is 0.949 bits per heavy atom. The summed E-state index contributed by atoms with van der Waals surface area (Å²) < 4.78 is 2.07. The molecule has 7 heteroatoms. The Kier molecular flexibility index (Phi) is 7.00. The second kappa shape index (κ2) is 10.6. The molecule has 1 aromatic carbocycles. The van der Waals surface area contributed by atoms with Gasteiger partial charge >= 0.3 is 0 Å². The first-order valence-corrected chi connectivity index (χ1v) is 14.7. The Morgan fingerprint density at radius 3 is 2.56 bits per heavy atom. The van der Waals surface area contributed by atoms with Gasteiger partial charge in [-0.1, -0.05) is 30.9 Å². The molecule has 2 aromatic heterocycles. The fourth-order valence-corrected chi connectivity index (χ4v) is 6.34. The minimum Gasteiger partial charge on any atom is -0.374 e. The van der Waals surface area contributed by atoms with Crippen molar-refractivity contribution in [3.05, 3.63) is 71.6 Å². The van der Waals surface area contributed by atoms with Gasteiger partial charge in [0.1, 0.15) is 11.6 Å². The molecule has 3 aromatic rings. The van der Waals surface area contributed by atoms with Crippen LogP contribution in [-0.2, 0) is 6.42 Å². The summed E-state index contributed by atoms with van der Waals surface area (Å²) in [4.78, 5) is 14.8. The van der Waals surface area contributed by atoms with Crippen LogP contribution < -0.4 is 9.80 Å². The van der Waals surface area contributed by atoms with E-state index in [9.17, 15) is 0 Å². The lowest BCUT2D eigenvalue weighted by Gasteiger charge is -2.38. The predicted octanol–water partition coefficient (Wildman–Crippen LogP) is 5.66. The zero-order valence-corrected chi connectivity index (χ0v) is 24.0. The van der Waals surface area contributed by atoms with E-state index in [2.05, 4.69) is 81.9 Å². The quantitative estimate of drug-likeness (QED) is 0.430. The highest BCUT2D eigenvalue weighted by Crippen LogP contribution is 2.38. The van der Waals surface area contributed by atoms with E-state index in [4.69, 9.17) is 16.7 Å². The van der Waals surface area contributed by atoms with E-state index in [0.29, 0.717) is 0 Å². The van der Waals surface area contributed by atoms with Crippen LogP contribution in [-0.4, -0.2) is 70.7 Å². The Bertz CT molecular complexity index is 1380. The predicted molar refractivity (Wildman–Crippen MR) is 161 cm³/mol. The molecule has 0 spiro atoms. The minimum atomic E-state index is 0.207. The molecule has 3 aliphatic rings. The van der Waals surface area contributed by atoms with Crippen LogP contribution in [0, 0.1) is 6.92 Å². The van der Waals surface area contributed by atoms with E-state index in [1.165, 1.54) is 36.0 Å².